The molecule has 0 spiro atoms. The molecule has 0 saturated heterocycles. The molecule has 32 heavy (non-hydrogen) atoms. The maximum atomic E-state index is 14.1. The molecular weight excluding hydrogens is 406 g/mol. The van der Waals surface area contributed by atoms with Crippen LogP contribution in [0.2, 0.25) is 0 Å². The monoisotopic (exact) mass is 414 g/mol. The minimum absolute atomic E-state index is 0.164. The summed E-state index contributed by atoms with van der Waals surface area (Å²) in [5, 5.41) is 19.1. The Bertz CT molecular complexity index is 1480. The molecule has 0 radical (unpaired) electrons. The summed E-state index contributed by atoms with van der Waals surface area (Å²) < 4.78 is 28.1. The fraction of sp³-hybridized carbons (Fsp3) is 0. The highest BCUT2D eigenvalue weighted by atomic mass is 19.1. The lowest BCUT2D eigenvalue weighted by Crippen LogP contribution is -1.89. The SMILES string of the molecule is [C-]#[N+]/C(C#N)=C1\c2cc(F)ccc2-c2cc3c(cc21)-c1ccc(F)cc1/C3=C(\C#N)[N+]#[C-]. The van der Waals surface area contributed by atoms with Crippen molar-refractivity contribution < 1.29 is 8.78 Å². The van der Waals surface area contributed by atoms with E-state index in [-0.39, 0.29) is 11.4 Å². The van der Waals surface area contributed by atoms with Gasteiger partial charge in [0.2, 0.25) is 0 Å². The molecule has 146 valence electrons. The highest BCUT2D eigenvalue weighted by Crippen LogP contribution is 2.53. The van der Waals surface area contributed by atoms with Crippen LogP contribution in [0.1, 0.15) is 22.3 Å². The van der Waals surface area contributed by atoms with Crippen LogP contribution < -0.4 is 0 Å². The van der Waals surface area contributed by atoms with E-state index in [1.54, 1.807) is 24.3 Å². The van der Waals surface area contributed by atoms with Gasteiger partial charge in [-0.1, -0.05) is 12.1 Å². The third kappa shape index (κ3) is 2.42. The van der Waals surface area contributed by atoms with E-state index in [9.17, 15) is 19.3 Å². The second-order valence-electron chi connectivity index (χ2n) is 7.22. The maximum Gasteiger partial charge on any atom is 0.270 e. The summed E-state index contributed by atoms with van der Waals surface area (Å²) in [6.07, 6.45) is 0. The molecule has 3 aromatic carbocycles. The van der Waals surface area contributed by atoms with E-state index in [0.29, 0.717) is 55.7 Å². The summed E-state index contributed by atoms with van der Waals surface area (Å²) in [6, 6.07) is 15.6. The fourth-order valence-electron chi connectivity index (χ4n) is 4.45. The van der Waals surface area contributed by atoms with Crippen LogP contribution in [0.3, 0.4) is 0 Å². The van der Waals surface area contributed by atoms with E-state index in [4.69, 9.17) is 13.1 Å². The second kappa shape index (κ2) is 6.75. The van der Waals surface area contributed by atoms with Crippen LogP contribution in [-0.2, 0) is 0 Å². The molecule has 0 N–H and O–H groups in total. The van der Waals surface area contributed by atoms with Crippen LogP contribution in [0.25, 0.3) is 43.1 Å². The largest absolute Gasteiger partial charge is 0.270 e. The van der Waals surface area contributed by atoms with Gasteiger partial charge in [0.1, 0.15) is 11.6 Å². The minimum atomic E-state index is -0.495. The molecule has 5 rings (SSSR count). The second-order valence-corrected chi connectivity index (χ2v) is 7.22. The smallest absolute Gasteiger partial charge is 0.226 e. The fourth-order valence-corrected chi connectivity index (χ4v) is 4.45. The minimum Gasteiger partial charge on any atom is -0.226 e. The predicted octanol–water partition coefficient (Wildman–Crippen LogP) is 6.33. The molecule has 0 saturated carbocycles. The molecular formula is C26H8F2N4. The Morgan fingerprint density at radius 1 is 0.594 bits per heavy atom. The Kier molecular flexibility index (Phi) is 4.00. The van der Waals surface area contributed by atoms with E-state index >= 15 is 0 Å². The highest BCUT2D eigenvalue weighted by molar-refractivity contribution is 6.10. The zero-order valence-corrected chi connectivity index (χ0v) is 16.2. The van der Waals surface area contributed by atoms with Gasteiger partial charge in [-0.05, 0) is 80.9 Å². The number of rotatable bonds is 0. The Morgan fingerprint density at radius 3 is 1.31 bits per heavy atom. The molecule has 4 nitrogen and oxygen atoms in total. The van der Waals surface area contributed by atoms with E-state index in [1.807, 2.05) is 12.1 Å². The van der Waals surface area contributed by atoms with Crippen LogP contribution in [0, 0.1) is 47.4 Å². The van der Waals surface area contributed by atoms with Gasteiger partial charge >= 0.3 is 0 Å². The molecule has 3 aromatic rings. The first-order valence-corrected chi connectivity index (χ1v) is 9.35. The summed E-state index contributed by atoms with van der Waals surface area (Å²) in [5.41, 5.74) is 4.95. The number of allylic oxidation sites excluding steroid dienone is 2. The molecule has 0 amide bonds. The maximum absolute atomic E-state index is 14.1. The zero-order valence-electron chi connectivity index (χ0n) is 16.2. The summed E-state index contributed by atoms with van der Waals surface area (Å²) in [7, 11) is 0. The van der Waals surface area contributed by atoms with Crippen LogP contribution in [-0.4, -0.2) is 0 Å². The standard InChI is InChI=1S/C26H8F2N4/c1-31-23(11-29)25-19-7-13(27)3-5-15(19)17-10-22-18(9-21(17)25)16-6-4-14(28)8-20(16)26(22)24(12-30)32-2/h3-10H/b25-23-,26-24+. The van der Waals surface area contributed by atoms with Crippen LogP contribution in [0.4, 0.5) is 8.78 Å². The molecule has 0 aliphatic heterocycles. The quantitative estimate of drug-likeness (QED) is 0.220. The molecule has 2 aliphatic rings. The van der Waals surface area contributed by atoms with Crippen molar-refractivity contribution in [3.05, 3.63) is 117 Å². The molecule has 6 heteroatoms. The Morgan fingerprint density at radius 2 is 0.969 bits per heavy atom. The number of halogens is 2. The first kappa shape index (κ1) is 19.0. The number of nitrogens with zero attached hydrogens (tertiary/aromatic N) is 4. The summed E-state index contributed by atoms with van der Waals surface area (Å²) in [6.45, 7) is 14.9. The molecule has 0 bridgehead atoms. The van der Waals surface area contributed by atoms with Crippen molar-refractivity contribution in [1.29, 1.82) is 10.5 Å². The van der Waals surface area contributed by atoms with Gasteiger partial charge < -0.3 is 0 Å². The number of hydrogen-bond donors (Lipinski definition) is 0. The van der Waals surface area contributed by atoms with E-state index in [1.165, 1.54) is 24.3 Å². The third-order valence-electron chi connectivity index (χ3n) is 5.69. The molecule has 0 aromatic heterocycles. The molecule has 2 aliphatic carbocycles. The van der Waals surface area contributed by atoms with E-state index < -0.39 is 11.6 Å². The summed E-state index contributed by atoms with van der Waals surface area (Å²) in [5.74, 6) is -0.991. The first-order chi connectivity index (χ1) is 15.5. The van der Waals surface area contributed by atoms with Gasteiger partial charge in [0.05, 0.1) is 25.3 Å². The topological polar surface area (TPSA) is 56.3 Å². The van der Waals surface area contributed by atoms with Crippen molar-refractivity contribution in [1.82, 2.24) is 0 Å². The van der Waals surface area contributed by atoms with Crippen molar-refractivity contribution in [2.75, 3.05) is 0 Å². The zero-order chi connectivity index (χ0) is 22.6. The lowest BCUT2D eigenvalue weighted by molar-refractivity contribution is 0.627. The van der Waals surface area contributed by atoms with Gasteiger partial charge in [-0.25, -0.2) is 29.0 Å². The molecule has 0 fully saturated rings. The van der Waals surface area contributed by atoms with Gasteiger partial charge in [-0.3, -0.25) is 0 Å². The van der Waals surface area contributed by atoms with Crippen molar-refractivity contribution in [2.45, 2.75) is 0 Å². The van der Waals surface area contributed by atoms with Crippen LogP contribution >= 0.6 is 0 Å². The average molecular weight is 414 g/mol. The molecule has 0 atom stereocenters. The lowest BCUT2D eigenvalue weighted by atomic mass is 9.95. The van der Waals surface area contributed by atoms with Crippen LogP contribution in [0.5, 0.6) is 0 Å². The number of benzene rings is 3. The number of nitriles is 2. The Balaban J connectivity index is 1.94. The number of hydrogen-bond acceptors (Lipinski definition) is 2. The van der Waals surface area contributed by atoms with E-state index in [2.05, 4.69) is 9.69 Å². The number of fused-ring (bicyclic) bond motifs is 6. The van der Waals surface area contributed by atoms with Gasteiger partial charge in [0, 0.05) is 11.1 Å². The molecule has 0 heterocycles. The van der Waals surface area contributed by atoms with Crippen molar-refractivity contribution in [2.24, 2.45) is 0 Å². The third-order valence-corrected chi connectivity index (χ3v) is 5.69. The Labute approximate surface area is 181 Å². The first-order valence-electron chi connectivity index (χ1n) is 9.35. The highest BCUT2D eigenvalue weighted by Gasteiger charge is 2.33. The average Bonchev–Trinajstić information content (AvgIpc) is 3.26. The van der Waals surface area contributed by atoms with Crippen molar-refractivity contribution in [3.63, 3.8) is 0 Å². The predicted molar refractivity (Wildman–Crippen MR) is 114 cm³/mol. The van der Waals surface area contributed by atoms with E-state index in [0.717, 1.165) is 0 Å². The van der Waals surface area contributed by atoms with Crippen molar-refractivity contribution >= 4 is 11.1 Å². The van der Waals surface area contributed by atoms with Gasteiger partial charge in [-0.2, -0.15) is 0 Å². The Hall–Kier alpha value is -5.04. The normalized spacial score (nSPS) is 15.2. The van der Waals surface area contributed by atoms with Crippen LogP contribution in [0.15, 0.2) is 59.9 Å². The lowest BCUT2D eigenvalue weighted by Gasteiger charge is -2.08. The van der Waals surface area contributed by atoms with Crippen molar-refractivity contribution in [3.8, 4) is 34.4 Å². The van der Waals surface area contributed by atoms with Gasteiger partial charge in [-0.15, -0.1) is 0 Å². The molecule has 0 unspecified atom stereocenters. The van der Waals surface area contributed by atoms with Gasteiger partial charge in [0.25, 0.3) is 11.4 Å². The summed E-state index contributed by atoms with van der Waals surface area (Å²) in [4.78, 5) is 6.68. The van der Waals surface area contributed by atoms with Gasteiger partial charge in [0.15, 0.2) is 0 Å². The summed E-state index contributed by atoms with van der Waals surface area (Å²) >= 11 is 0.